The van der Waals surface area contributed by atoms with Crippen LogP contribution in [-0.4, -0.2) is 14.9 Å². The maximum atomic E-state index is 12.4. The summed E-state index contributed by atoms with van der Waals surface area (Å²) >= 11 is 7.20. The van der Waals surface area contributed by atoms with Crippen molar-refractivity contribution in [3.8, 4) is 0 Å². The van der Waals surface area contributed by atoms with Crippen LogP contribution in [0.15, 0.2) is 58.5 Å². The Morgan fingerprint density at radius 3 is 2.60 bits per heavy atom. The molecule has 25 heavy (non-hydrogen) atoms. The molecule has 2 aromatic carbocycles. The van der Waals surface area contributed by atoms with Gasteiger partial charge in [0.25, 0.3) is 0 Å². The highest BCUT2D eigenvalue weighted by molar-refractivity contribution is 7.98. The Morgan fingerprint density at radius 2 is 1.88 bits per heavy atom. The van der Waals surface area contributed by atoms with Crippen LogP contribution in [-0.2, 0) is 5.75 Å². The summed E-state index contributed by atoms with van der Waals surface area (Å²) in [4.78, 5) is 12.4. The van der Waals surface area contributed by atoms with Crippen molar-refractivity contribution in [3.05, 3.63) is 75.0 Å². The number of aromatic nitrogens is 3. The molecule has 1 aromatic heterocycles. The van der Waals surface area contributed by atoms with E-state index in [0.29, 0.717) is 15.9 Å². The number of anilines is 2. The molecule has 0 aliphatic rings. The molecule has 6 nitrogen and oxygen atoms in total. The molecule has 0 aliphatic heterocycles. The van der Waals surface area contributed by atoms with E-state index in [0.717, 1.165) is 21.5 Å². The molecular formula is C17H16ClN5OS. The van der Waals surface area contributed by atoms with E-state index < -0.39 is 5.56 Å². The smallest absolute Gasteiger partial charge is 0.315 e. The van der Waals surface area contributed by atoms with E-state index in [9.17, 15) is 4.79 Å². The van der Waals surface area contributed by atoms with Crippen LogP contribution in [0.5, 0.6) is 0 Å². The number of hydrogen-bond donors (Lipinski definition) is 2. The third kappa shape index (κ3) is 4.12. The van der Waals surface area contributed by atoms with Crippen molar-refractivity contribution in [1.29, 1.82) is 0 Å². The van der Waals surface area contributed by atoms with Gasteiger partial charge < -0.3 is 11.2 Å². The number of rotatable bonds is 5. The van der Waals surface area contributed by atoms with E-state index in [1.165, 1.54) is 11.8 Å². The lowest BCUT2D eigenvalue weighted by atomic mass is 10.2. The van der Waals surface area contributed by atoms with E-state index in [1.54, 1.807) is 0 Å². The molecule has 0 spiro atoms. The number of nitrogen functional groups attached to an aromatic ring is 1. The van der Waals surface area contributed by atoms with Crippen molar-refractivity contribution in [1.82, 2.24) is 14.9 Å². The number of thioether (sulfide) groups is 1. The molecule has 128 valence electrons. The Morgan fingerprint density at radius 1 is 1.16 bits per heavy atom. The lowest BCUT2D eigenvalue weighted by molar-refractivity contribution is 0.705. The molecule has 3 N–H and O–H groups in total. The average molecular weight is 374 g/mol. The fourth-order valence-corrected chi connectivity index (χ4v) is 3.07. The molecule has 1 heterocycles. The van der Waals surface area contributed by atoms with Crippen LogP contribution >= 0.6 is 23.4 Å². The van der Waals surface area contributed by atoms with Gasteiger partial charge in [-0.1, -0.05) is 53.7 Å². The molecule has 0 bridgehead atoms. The summed E-state index contributed by atoms with van der Waals surface area (Å²) in [5.74, 6) is 6.58. The van der Waals surface area contributed by atoms with Gasteiger partial charge in [-0.3, -0.25) is 4.79 Å². The normalized spacial score (nSPS) is 10.6. The third-order valence-electron chi connectivity index (χ3n) is 3.54. The first-order chi connectivity index (χ1) is 12.0. The van der Waals surface area contributed by atoms with Crippen molar-refractivity contribution in [3.63, 3.8) is 0 Å². The number of hydrogen-bond acceptors (Lipinski definition) is 6. The van der Waals surface area contributed by atoms with Gasteiger partial charge >= 0.3 is 5.56 Å². The predicted octanol–water partition coefficient (Wildman–Crippen LogP) is 3.35. The van der Waals surface area contributed by atoms with Crippen LogP contribution in [0.4, 0.5) is 11.5 Å². The summed E-state index contributed by atoms with van der Waals surface area (Å²) in [7, 11) is 0. The maximum absolute atomic E-state index is 12.4. The van der Waals surface area contributed by atoms with Gasteiger partial charge in [0.15, 0.2) is 0 Å². The zero-order valence-electron chi connectivity index (χ0n) is 13.4. The van der Waals surface area contributed by atoms with E-state index in [-0.39, 0.29) is 5.82 Å². The molecule has 8 heteroatoms. The van der Waals surface area contributed by atoms with Crippen LogP contribution in [0.2, 0.25) is 5.02 Å². The second kappa shape index (κ2) is 7.58. The standard InChI is InChI=1S/C17H16ClN5OS/c1-11-4-2-3-5-14(11)20-15-16(24)23(19)17(22-21-15)25-10-12-6-8-13(18)9-7-12/h2-9H,10,19H2,1H3,(H,20,21). The second-order valence-corrected chi connectivity index (χ2v) is 6.74. The third-order valence-corrected chi connectivity index (χ3v) is 4.81. The van der Waals surface area contributed by atoms with E-state index in [4.69, 9.17) is 17.4 Å². The van der Waals surface area contributed by atoms with Crippen molar-refractivity contribution in [2.75, 3.05) is 11.2 Å². The van der Waals surface area contributed by atoms with E-state index >= 15 is 0 Å². The summed E-state index contributed by atoms with van der Waals surface area (Å²) in [6.45, 7) is 1.94. The van der Waals surface area contributed by atoms with Gasteiger partial charge in [-0.2, -0.15) is 4.68 Å². The van der Waals surface area contributed by atoms with E-state index in [2.05, 4.69) is 15.5 Å². The number of benzene rings is 2. The Balaban J connectivity index is 1.77. The first kappa shape index (κ1) is 17.3. The number of nitrogens with one attached hydrogen (secondary N) is 1. The summed E-state index contributed by atoms with van der Waals surface area (Å²) in [5.41, 5.74) is 2.39. The highest BCUT2D eigenvalue weighted by atomic mass is 35.5. The fraction of sp³-hybridized carbons (Fsp3) is 0.118. The Kier molecular flexibility index (Phi) is 5.25. The highest BCUT2D eigenvalue weighted by Gasteiger charge is 2.11. The monoisotopic (exact) mass is 373 g/mol. The maximum Gasteiger partial charge on any atom is 0.315 e. The van der Waals surface area contributed by atoms with Crippen LogP contribution < -0.4 is 16.7 Å². The molecule has 0 amide bonds. The Hall–Kier alpha value is -2.51. The molecule has 0 unspecified atom stereocenters. The van der Waals surface area contributed by atoms with Crippen LogP contribution in [0.25, 0.3) is 0 Å². The molecular weight excluding hydrogens is 358 g/mol. The minimum Gasteiger partial charge on any atom is -0.334 e. The van der Waals surface area contributed by atoms with Gasteiger partial charge in [-0.25, -0.2) is 0 Å². The summed E-state index contributed by atoms with van der Waals surface area (Å²) in [5, 5.41) is 12.0. The first-order valence-corrected chi connectivity index (χ1v) is 8.85. The van der Waals surface area contributed by atoms with Crippen molar-refractivity contribution < 1.29 is 0 Å². The predicted molar refractivity (Wildman–Crippen MR) is 102 cm³/mol. The van der Waals surface area contributed by atoms with Crippen LogP contribution in [0.1, 0.15) is 11.1 Å². The average Bonchev–Trinajstić information content (AvgIpc) is 2.61. The summed E-state index contributed by atoms with van der Waals surface area (Å²) < 4.78 is 1.01. The molecule has 3 rings (SSSR count). The number of para-hydroxylation sites is 1. The van der Waals surface area contributed by atoms with Crippen LogP contribution in [0.3, 0.4) is 0 Å². The van der Waals surface area contributed by atoms with Crippen LogP contribution in [0, 0.1) is 6.92 Å². The molecule has 3 aromatic rings. The minimum absolute atomic E-state index is 0.0904. The quantitative estimate of drug-likeness (QED) is 0.527. The summed E-state index contributed by atoms with van der Waals surface area (Å²) in [6, 6.07) is 15.0. The molecule has 0 aliphatic carbocycles. The molecule has 0 fully saturated rings. The van der Waals surface area contributed by atoms with Gasteiger partial charge in [-0.05, 0) is 36.2 Å². The first-order valence-electron chi connectivity index (χ1n) is 7.49. The van der Waals surface area contributed by atoms with Crippen molar-refractivity contribution >= 4 is 34.9 Å². The van der Waals surface area contributed by atoms with Gasteiger partial charge in [0.05, 0.1) is 0 Å². The van der Waals surface area contributed by atoms with Crippen molar-refractivity contribution in [2.45, 2.75) is 17.8 Å². The number of nitrogens with two attached hydrogens (primary N) is 1. The minimum atomic E-state index is -0.433. The Bertz CT molecular complexity index is 943. The SMILES string of the molecule is Cc1ccccc1Nc1nnc(SCc2ccc(Cl)cc2)n(N)c1=O. The molecule has 0 atom stereocenters. The molecule has 0 radical (unpaired) electrons. The van der Waals surface area contributed by atoms with E-state index in [1.807, 2.05) is 55.5 Å². The Labute approximate surface area is 154 Å². The zero-order chi connectivity index (χ0) is 17.8. The molecule has 0 saturated heterocycles. The molecule has 0 saturated carbocycles. The van der Waals surface area contributed by atoms with Crippen molar-refractivity contribution in [2.24, 2.45) is 0 Å². The lowest BCUT2D eigenvalue weighted by Crippen LogP contribution is -2.32. The van der Waals surface area contributed by atoms with Gasteiger partial charge in [0.1, 0.15) is 0 Å². The number of aryl methyl sites for hydroxylation is 1. The lowest BCUT2D eigenvalue weighted by Gasteiger charge is -2.10. The zero-order valence-corrected chi connectivity index (χ0v) is 15.0. The van der Waals surface area contributed by atoms with Gasteiger partial charge in [-0.15, -0.1) is 10.2 Å². The van der Waals surface area contributed by atoms with Gasteiger partial charge in [0, 0.05) is 16.5 Å². The van der Waals surface area contributed by atoms with Gasteiger partial charge in [0.2, 0.25) is 11.0 Å². The largest absolute Gasteiger partial charge is 0.334 e. The number of halogens is 1. The number of nitrogens with zero attached hydrogens (tertiary/aromatic N) is 3. The fourth-order valence-electron chi connectivity index (χ4n) is 2.13. The summed E-state index contributed by atoms with van der Waals surface area (Å²) in [6.07, 6.45) is 0. The topological polar surface area (TPSA) is 85.8 Å². The second-order valence-electron chi connectivity index (χ2n) is 5.36. The highest BCUT2D eigenvalue weighted by Crippen LogP contribution is 2.21.